The third-order valence-corrected chi connectivity index (χ3v) is 4.79. The highest BCUT2D eigenvalue weighted by molar-refractivity contribution is 6.08. The molecular weight excluding hydrogens is 316 g/mol. The SMILES string of the molecule is C[C@@H]1C[C@@H](C)CN(C(=O)c2ccccc2NC(=O)C2=COCCC2)C1. The first-order chi connectivity index (χ1) is 12.0. The average Bonchev–Trinajstić information content (AvgIpc) is 2.61. The second-order valence-electron chi connectivity index (χ2n) is 7.27. The molecule has 3 rings (SSSR count). The van der Waals surface area contributed by atoms with Crippen LogP contribution in [0.4, 0.5) is 5.69 Å². The minimum absolute atomic E-state index is 0.0110. The molecule has 1 aromatic rings. The molecule has 2 atom stereocenters. The molecule has 2 amide bonds. The minimum atomic E-state index is -0.194. The van der Waals surface area contributed by atoms with E-state index in [1.807, 2.05) is 17.0 Å². The Balaban J connectivity index is 1.77. The van der Waals surface area contributed by atoms with Crippen molar-refractivity contribution in [1.29, 1.82) is 0 Å². The van der Waals surface area contributed by atoms with Crippen molar-refractivity contribution in [2.75, 3.05) is 25.0 Å². The Morgan fingerprint density at radius 2 is 1.88 bits per heavy atom. The lowest BCUT2D eigenvalue weighted by molar-refractivity contribution is -0.113. The van der Waals surface area contributed by atoms with Crippen LogP contribution >= 0.6 is 0 Å². The van der Waals surface area contributed by atoms with E-state index < -0.39 is 0 Å². The van der Waals surface area contributed by atoms with E-state index in [9.17, 15) is 9.59 Å². The lowest BCUT2D eigenvalue weighted by Gasteiger charge is -2.35. The van der Waals surface area contributed by atoms with Crippen LogP contribution < -0.4 is 5.32 Å². The van der Waals surface area contributed by atoms with Crippen molar-refractivity contribution in [2.24, 2.45) is 11.8 Å². The zero-order chi connectivity index (χ0) is 17.8. The number of hydrogen-bond donors (Lipinski definition) is 1. The zero-order valence-electron chi connectivity index (χ0n) is 15.0. The van der Waals surface area contributed by atoms with Gasteiger partial charge in [0.15, 0.2) is 0 Å². The van der Waals surface area contributed by atoms with Crippen LogP contribution in [0.15, 0.2) is 36.1 Å². The summed E-state index contributed by atoms with van der Waals surface area (Å²) in [5.41, 5.74) is 1.73. The molecule has 2 heterocycles. The van der Waals surface area contributed by atoms with Gasteiger partial charge in [-0.05, 0) is 43.2 Å². The molecule has 0 spiro atoms. The molecule has 0 saturated carbocycles. The molecule has 2 aliphatic heterocycles. The van der Waals surface area contributed by atoms with Crippen LogP contribution in [0.3, 0.4) is 0 Å². The van der Waals surface area contributed by atoms with E-state index in [2.05, 4.69) is 19.2 Å². The van der Waals surface area contributed by atoms with E-state index >= 15 is 0 Å². The van der Waals surface area contributed by atoms with E-state index in [1.54, 1.807) is 12.1 Å². The topological polar surface area (TPSA) is 58.6 Å². The summed E-state index contributed by atoms with van der Waals surface area (Å²) < 4.78 is 5.24. The van der Waals surface area contributed by atoms with Crippen molar-refractivity contribution in [3.05, 3.63) is 41.7 Å². The third-order valence-electron chi connectivity index (χ3n) is 4.79. The highest BCUT2D eigenvalue weighted by Crippen LogP contribution is 2.25. The molecule has 5 heteroatoms. The number of nitrogens with one attached hydrogen (secondary N) is 1. The lowest BCUT2D eigenvalue weighted by Crippen LogP contribution is -2.42. The maximum absolute atomic E-state index is 13.0. The molecule has 5 nitrogen and oxygen atoms in total. The van der Waals surface area contributed by atoms with Gasteiger partial charge in [-0.2, -0.15) is 0 Å². The Morgan fingerprint density at radius 3 is 2.56 bits per heavy atom. The van der Waals surface area contributed by atoms with Gasteiger partial charge < -0.3 is 15.0 Å². The zero-order valence-corrected chi connectivity index (χ0v) is 15.0. The molecule has 0 bridgehead atoms. The number of piperidine rings is 1. The molecule has 25 heavy (non-hydrogen) atoms. The maximum Gasteiger partial charge on any atom is 0.255 e. The van der Waals surface area contributed by atoms with Crippen molar-refractivity contribution in [3.8, 4) is 0 Å². The summed E-state index contributed by atoms with van der Waals surface area (Å²) in [6.07, 6.45) is 4.21. The highest BCUT2D eigenvalue weighted by atomic mass is 16.5. The first-order valence-corrected chi connectivity index (χ1v) is 9.05. The van der Waals surface area contributed by atoms with Crippen molar-refractivity contribution in [1.82, 2.24) is 4.90 Å². The number of para-hydroxylation sites is 1. The molecule has 2 aliphatic rings. The van der Waals surface area contributed by atoms with E-state index in [-0.39, 0.29) is 11.8 Å². The predicted octanol–water partition coefficient (Wildman–Crippen LogP) is 3.44. The fourth-order valence-electron chi connectivity index (χ4n) is 3.71. The Hall–Kier alpha value is -2.30. The summed E-state index contributed by atoms with van der Waals surface area (Å²) in [6, 6.07) is 7.24. The van der Waals surface area contributed by atoms with Crippen LogP contribution in [-0.4, -0.2) is 36.4 Å². The van der Waals surface area contributed by atoms with Crippen LogP contribution in [-0.2, 0) is 9.53 Å². The van der Waals surface area contributed by atoms with E-state index in [4.69, 9.17) is 4.74 Å². The van der Waals surface area contributed by atoms with Gasteiger partial charge in [-0.1, -0.05) is 26.0 Å². The summed E-state index contributed by atoms with van der Waals surface area (Å²) in [6.45, 7) is 6.55. The maximum atomic E-state index is 13.0. The first-order valence-electron chi connectivity index (χ1n) is 9.05. The minimum Gasteiger partial charge on any atom is -0.501 e. The third kappa shape index (κ3) is 4.21. The van der Waals surface area contributed by atoms with E-state index in [0.717, 1.165) is 25.9 Å². The molecule has 0 radical (unpaired) electrons. The van der Waals surface area contributed by atoms with Gasteiger partial charge in [0.1, 0.15) is 0 Å². The van der Waals surface area contributed by atoms with Crippen LogP contribution in [0.5, 0.6) is 0 Å². The number of likely N-dealkylation sites (tertiary alicyclic amines) is 1. The van der Waals surface area contributed by atoms with Gasteiger partial charge in [-0.3, -0.25) is 9.59 Å². The van der Waals surface area contributed by atoms with Crippen LogP contribution in [0.1, 0.15) is 43.5 Å². The molecule has 1 aromatic carbocycles. The highest BCUT2D eigenvalue weighted by Gasteiger charge is 2.27. The molecule has 0 aliphatic carbocycles. The summed E-state index contributed by atoms with van der Waals surface area (Å²) >= 11 is 0. The first kappa shape index (κ1) is 17.5. The molecule has 1 saturated heterocycles. The number of anilines is 1. The number of rotatable bonds is 3. The monoisotopic (exact) mass is 342 g/mol. The Kier molecular flexibility index (Phi) is 5.41. The fraction of sp³-hybridized carbons (Fsp3) is 0.500. The Bertz CT molecular complexity index is 673. The molecule has 1 fully saturated rings. The number of nitrogens with zero attached hydrogens (tertiary/aromatic N) is 1. The average molecular weight is 342 g/mol. The van der Waals surface area contributed by atoms with E-state index in [1.165, 1.54) is 6.26 Å². The molecule has 1 N–H and O–H groups in total. The number of ether oxygens (including phenoxy) is 1. The summed E-state index contributed by atoms with van der Waals surface area (Å²) in [5.74, 6) is 0.793. The predicted molar refractivity (Wildman–Crippen MR) is 97.2 cm³/mol. The standard InChI is InChI=1S/C20H26N2O3/c1-14-10-15(2)12-22(11-14)20(24)17-7-3-4-8-18(17)21-19(23)16-6-5-9-25-13-16/h3-4,7-8,13-15H,5-6,9-12H2,1-2H3,(H,21,23)/t14-,15-/m1/s1. The largest absolute Gasteiger partial charge is 0.501 e. The van der Waals surface area contributed by atoms with Crippen molar-refractivity contribution in [2.45, 2.75) is 33.1 Å². The second kappa shape index (κ2) is 7.72. The lowest BCUT2D eigenvalue weighted by atomic mass is 9.91. The Morgan fingerprint density at radius 1 is 1.16 bits per heavy atom. The van der Waals surface area contributed by atoms with E-state index in [0.29, 0.717) is 41.7 Å². The van der Waals surface area contributed by atoms with Crippen LogP contribution in [0.25, 0.3) is 0 Å². The van der Waals surface area contributed by atoms with Crippen LogP contribution in [0, 0.1) is 11.8 Å². The molecule has 134 valence electrons. The number of benzene rings is 1. The van der Waals surface area contributed by atoms with Gasteiger partial charge in [0.2, 0.25) is 0 Å². The van der Waals surface area contributed by atoms with Crippen molar-refractivity contribution in [3.63, 3.8) is 0 Å². The molecule has 0 aromatic heterocycles. The summed E-state index contributed by atoms with van der Waals surface area (Å²) in [7, 11) is 0. The summed E-state index contributed by atoms with van der Waals surface area (Å²) in [5, 5.41) is 2.89. The normalized spacial score (nSPS) is 23.4. The second-order valence-corrected chi connectivity index (χ2v) is 7.27. The molecular formula is C20H26N2O3. The van der Waals surface area contributed by atoms with Gasteiger partial charge in [0, 0.05) is 13.1 Å². The molecule has 0 unspecified atom stereocenters. The number of carbonyl (C=O) groups excluding carboxylic acids is 2. The number of carbonyl (C=O) groups is 2. The number of hydrogen-bond acceptors (Lipinski definition) is 3. The summed E-state index contributed by atoms with van der Waals surface area (Å²) in [4.78, 5) is 27.4. The fourth-order valence-corrected chi connectivity index (χ4v) is 3.71. The van der Waals surface area contributed by atoms with Gasteiger partial charge in [-0.25, -0.2) is 0 Å². The van der Waals surface area contributed by atoms with Gasteiger partial charge in [0.05, 0.1) is 29.7 Å². The van der Waals surface area contributed by atoms with Gasteiger partial charge in [-0.15, -0.1) is 0 Å². The van der Waals surface area contributed by atoms with Crippen molar-refractivity contribution >= 4 is 17.5 Å². The Labute approximate surface area is 149 Å². The van der Waals surface area contributed by atoms with Crippen LogP contribution in [0.2, 0.25) is 0 Å². The van der Waals surface area contributed by atoms with Crippen molar-refractivity contribution < 1.29 is 14.3 Å². The number of amides is 2. The van der Waals surface area contributed by atoms with Gasteiger partial charge in [0.25, 0.3) is 11.8 Å². The quantitative estimate of drug-likeness (QED) is 0.915. The smallest absolute Gasteiger partial charge is 0.255 e. The van der Waals surface area contributed by atoms with Gasteiger partial charge >= 0.3 is 0 Å².